The van der Waals surface area contributed by atoms with Crippen LogP contribution in [0.1, 0.15) is 85.4 Å². The van der Waals surface area contributed by atoms with Crippen molar-refractivity contribution in [1.29, 1.82) is 0 Å². The lowest BCUT2D eigenvalue weighted by molar-refractivity contribution is 0.196. The van der Waals surface area contributed by atoms with Crippen LogP contribution < -0.4 is 0 Å². The summed E-state index contributed by atoms with van der Waals surface area (Å²) in [7, 11) is 0. The summed E-state index contributed by atoms with van der Waals surface area (Å²) in [5.41, 5.74) is 3.57. The van der Waals surface area contributed by atoms with Crippen molar-refractivity contribution in [2.45, 2.75) is 77.2 Å². The van der Waals surface area contributed by atoms with Crippen LogP contribution in [0.2, 0.25) is 0 Å². The molecule has 2 fully saturated rings. The van der Waals surface area contributed by atoms with Gasteiger partial charge in [-0.25, -0.2) is 14.6 Å². The van der Waals surface area contributed by atoms with Gasteiger partial charge in [0.1, 0.15) is 5.82 Å². The lowest BCUT2D eigenvalue weighted by Gasteiger charge is -2.31. The van der Waals surface area contributed by atoms with E-state index in [9.17, 15) is 0 Å². The van der Waals surface area contributed by atoms with Crippen molar-refractivity contribution >= 4 is 0 Å². The number of aromatic amines is 1. The highest BCUT2D eigenvalue weighted by Crippen LogP contribution is 2.32. The largest absolute Gasteiger partial charge is 0.298 e. The Morgan fingerprint density at radius 3 is 2.68 bits per heavy atom. The summed E-state index contributed by atoms with van der Waals surface area (Å²) in [6, 6.07) is 5.95. The number of hydrogen-bond acceptors (Lipinski definition) is 5. The summed E-state index contributed by atoms with van der Waals surface area (Å²) in [5, 5.41) is 12.7. The van der Waals surface area contributed by atoms with Gasteiger partial charge in [0.25, 0.3) is 0 Å². The molecule has 164 valence electrons. The summed E-state index contributed by atoms with van der Waals surface area (Å²) < 4.78 is 1.97. The van der Waals surface area contributed by atoms with Crippen LogP contribution in [0, 0.1) is 13.8 Å². The Morgan fingerprint density at radius 1 is 1.03 bits per heavy atom. The Balaban J connectivity index is 1.28. The second kappa shape index (κ2) is 8.91. The molecular weight excluding hydrogens is 386 g/mol. The second-order valence-electron chi connectivity index (χ2n) is 9.24. The zero-order chi connectivity index (χ0) is 21.2. The molecule has 0 aromatic carbocycles. The number of nitrogens with one attached hydrogen (secondary N) is 1. The van der Waals surface area contributed by atoms with Crippen molar-refractivity contribution < 1.29 is 0 Å². The van der Waals surface area contributed by atoms with Gasteiger partial charge < -0.3 is 0 Å². The van der Waals surface area contributed by atoms with Crippen molar-refractivity contribution in [3.05, 3.63) is 53.0 Å². The minimum atomic E-state index is 0.411. The second-order valence-corrected chi connectivity index (χ2v) is 9.24. The summed E-state index contributed by atoms with van der Waals surface area (Å²) in [6.07, 6.45) is 10.7. The molecule has 1 saturated heterocycles. The predicted molar refractivity (Wildman–Crippen MR) is 120 cm³/mol. The molecule has 5 rings (SSSR count). The molecule has 3 aromatic rings. The zero-order valence-electron chi connectivity index (χ0n) is 18.7. The molecule has 1 aliphatic carbocycles. The molecule has 0 radical (unpaired) electrons. The van der Waals surface area contributed by atoms with Crippen LogP contribution in [-0.2, 0) is 6.54 Å². The number of piperidine rings is 1. The number of likely N-dealkylation sites (tertiary alicyclic amines) is 1. The van der Waals surface area contributed by atoms with Gasteiger partial charge in [0, 0.05) is 42.4 Å². The smallest absolute Gasteiger partial charge is 0.155 e. The number of aromatic nitrogens is 6. The van der Waals surface area contributed by atoms with Gasteiger partial charge in [-0.2, -0.15) is 10.2 Å². The van der Waals surface area contributed by atoms with Crippen LogP contribution in [-0.4, -0.2) is 47.9 Å². The van der Waals surface area contributed by atoms with Crippen LogP contribution in [0.5, 0.6) is 0 Å². The van der Waals surface area contributed by atoms with Gasteiger partial charge in [-0.05, 0) is 58.2 Å². The third-order valence-corrected chi connectivity index (χ3v) is 7.07. The number of pyridine rings is 1. The van der Waals surface area contributed by atoms with Gasteiger partial charge in [0.2, 0.25) is 0 Å². The molecule has 1 unspecified atom stereocenters. The number of aryl methyl sites for hydroxylation is 1. The van der Waals surface area contributed by atoms with Crippen molar-refractivity contribution in [1.82, 2.24) is 34.8 Å². The molecule has 0 amide bonds. The van der Waals surface area contributed by atoms with E-state index in [4.69, 9.17) is 10.1 Å². The lowest BCUT2D eigenvalue weighted by Crippen LogP contribution is -2.34. The quantitative estimate of drug-likeness (QED) is 0.662. The molecule has 31 heavy (non-hydrogen) atoms. The van der Waals surface area contributed by atoms with Gasteiger partial charge in [0.15, 0.2) is 11.6 Å². The highest BCUT2D eigenvalue weighted by Gasteiger charge is 2.27. The van der Waals surface area contributed by atoms with Gasteiger partial charge in [-0.3, -0.25) is 10.00 Å². The minimum absolute atomic E-state index is 0.411. The Kier molecular flexibility index (Phi) is 5.85. The maximum Gasteiger partial charge on any atom is 0.155 e. The first-order valence-corrected chi connectivity index (χ1v) is 11.8. The lowest BCUT2D eigenvalue weighted by atomic mass is 9.89. The van der Waals surface area contributed by atoms with Crippen molar-refractivity contribution in [2.75, 3.05) is 13.1 Å². The van der Waals surface area contributed by atoms with Crippen LogP contribution in [0.15, 0.2) is 24.4 Å². The Labute approximate surface area is 184 Å². The number of nitrogens with zero attached hydrogens (tertiary/aromatic N) is 6. The zero-order valence-corrected chi connectivity index (χ0v) is 18.7. The SMILES string of the molecule is Cc1nn(-c2ccccn2)c(C)c1CN1CCCC(c2n[nH]c(C3CCCCC3)n2)C1. The highest BCUT2D eigenvalue weighted by atomic mass is 15.3. The summed E-state index contributed by atoms with van der Waals surface area (Å²) in [4.78, 5) is 12.0. The van der Waals surface area contributed by atoms with Crippen LogP contribution >= 0.6 is 0 Å². The fourth-order valence-electron chi connectivity index (χ4n) is 5.27. The van der Waals surface area contributed by atoms with E-state index in [1.165, 1.54) is 56.2 Å². The maximum atomic E-state index is 4.96. The molecule has 2 aliphatic rings. The fraction of sp³-hybridized carbons (Fsp3) is 0.583. The van der Waals surface area contributed by atoms with E-state index in [2.05, 4.69) is 33.9 Å². The van der Waals surface area contributed by atoms with Crippen molar-refractivity contribution in [3.63, 3.8) is 0 Å². The molecule has 0 bridgehead atoms. The average Bonchev–Trinajstić information content (AvgIpc) is 3.42. The van der Waals surface area contributed by atoms with Crippen LogP contribution in [0.3, 0.4) is 0 Å². The maximum absolute atomic E-state index is 4.96. The minimum Gasteiger partial charge on any atom is -0.298 e. The third-order valence-electron chi connectivity index (χ3n) is 7.07. The molecule has 1 saturated carbocycles. The van der Waals surface area contributed by atoms with E-state index in [1.54, 1.807) is 0 Å². The standard InChI is InChI=1S/C24H33N7/c1-17-21(18(2)31(29-17)22-12-6-7-13-25-22)16-30-14-8-11-20(15-30)24-26-23(27-28-24)19-9-4-3-5-10-19/h6-7,12-13,19-20H,3-5,8-11,14-16H2,1-2H3,(H,26,27,28). The van der Waals surface area contributed by atoms with Crippen LogP contribution in [0.25, 0.3) is 5.82 Å². The molecule has 1 atom stereocenters. The van der Waals surface area contributed by atoms with E-state index in [0.717, 1.165) is 42.8 Å². The number of H-pyrrole nitrogens is 1. The van der Waals surface area contributed by atoms with Crippen molar-refractivity contribution in [3.8, 4) is 5.82 Å². The molecule has 1 N–H and O–H groups in total. The third kappa shape index (κ3) is 4.28. The summed E-state index contributed by atoms with van der Waals surface area (Å²) in [5.74, 6) is 4.01. The Hall–Kier alpha value is -2.54. The predicted octanol–water partition coefficient (Wildman–Crippen LogP) is 4.43. The first-order chi connectivity index (χ1) is 15.2. The highest BCUT2D eigenvalue weighted by molar-refractivity contribution is 5.32. The van der Waals surface area contributed by atoms with Gasteiger partial charge in [-0.1, -0.05) is 25.3 Å². The number of rotatable bonds is 5. The summed E-state index contributed by atoms with van der Waals surface area (Å²) >= 11 is 0. The molecular formula is C24H33N7. The van der Waals surface area contributed by atoms with Crippen molar-refractivity contribution in [2.24, 2.45) is 0 Å². The first-order valence-electron chi connectivity index (χ1n) is 11.8. The van der Waals surface area contributed by atoms with E-state index in [-0.39, 0.29) is 0 Å². The summed E-state index contributed by atoms with van der Waals surface area (Å²) in [6.45, 7) is 7.30. The monoisotopic (exact) mass is 419 g/mol. The van der Waals surface area contributed by atoms with Gasteiger partial charge in [-0.15, -0.1) is 0 Å². The van der Waals surface area contributed by atoms with E-state index < -0.39 is 0 Å². The van der Waals surface area contributed by atoms with Gasteiger partial charge >= 0.3 is 0 Å². The molecule has 3 aromatic heterocycles. The van der Waals surface area contributed by atoms with E-state index >= 15 is 0 Å². The molecule has 7 heteroatoms. The molecule has 1 aliphatic heterocycles. The fourth-order valence-corrected chi connectivity index (χ4v) is 5.27. The van der Waals surface area contributed by atoms with E-state index in [0.29, 0.717) is 11.8 Å². The average molecular weight is 420 g/mol. The normalized spacial score (nSPS) is 20.9. The number of hydrogen-bond donors (Lipinski definition) is 1. The first kappa shape index (κ1) is 20.4. The topological polar surface area (TPSA) is 75.5 Å². The van der Waals surface area contributed by atoms with E-state index in [1.807, 2.05) is 29.1 Å². The molecule has 0 spiro atoms. The Bertz CT molecular complexity index is 1000. The van der Waals surface area contributed by atoms with Crippen LogP contribution in [0.4, 0.5) is 0 Å². The van der Waals surface area contributed by atoms with Gasteiger partial charge in [0.05, 0.1) is 5.69 Å². The molecule has 7 nitrogen and oxygen atoms in total. The molecule has 4 heterocycles. The Morgan fingerprint density at radius 2 is 1.87 bits per heavy atom.